The second kappa shape index (κ2) is 5.69. The SMILES string of the molecule is NC(=O)c1ccc(Cn2c(-c3ccccc3)noc2=O)cc1. The fraction of sp³-hybridized carbons (Fsp3) is 0.0625. The Labute approximate surface area is 125 Å². The minimum atomic E-state index is -0.530. The van der Waals surface area contributed by atoms with Gasteiger partial charge in [-0.1, -0.05) is 47.6 Å². The van der Waals surface area contributed by atoms with Crippen LogP contribution in [-0.2, 0) is 6.54 Å². The highest BCUT2D eigenvalue weighted by atomic mass is 16.5. The topological polar surface area (TPSA) is 91.1 Å². The van der Waals surface area contributed by atoms with E-state index in [0.29, 0.717) is 17.9 Å². The molecule has 6 heteroatoms. The van der Waals surface area contributed by atoms with Gasteiger partial charge in [-0.25, -0.2) is 4.79 Å². The van der Waals surface area contributed by atoms with E-state index in [-0.39, 0.29) is 0 Å². The minimum Gasteiger partial charge on any atom is -0.366 e. The van der Waals surface area contributed by atoms with E-state index < -0.39 is 11.7 Å². The lowest BCUT2D eigenvalue weighted by Gasteiger charge is -2.05. The summed E-state index contributed by atoms with van der Waals surface area (Å²) in [6.45, 7) is 0.297. The Bertz CT molecular complexity index is 848. The second-order valence-electron chi connectivity index (χ2n) is 4.79. The summed E-state index contributed by atoms with van der Waals surface area (Å²) in [6, 6.07) is 16.0. The minimum absolute atomic E-state index is 0.297. The van der Waals surface area contributed by atoms with Gasteiger partial charge >= 0.3 is 5.76 Å². The number of rotatable bonds is 4. The van der Waals surface area contributed by atoms with Crippen LogP contribution in [0.25, 0.3) is 11.4 Å². The van der Waals surface area contributed by atoms with E-state index in [2.05, 4.69) is 5.16 Å². The molecule has 0 aliphatic heterocycles. The zero-order valence-corrected chi connectivity index (χ0v) is 11.6. The number of aromatic nitrogens is 2. The van der Waals surface area contributed by atoms with Crippen LogP contribution in [-0.4, -0.2) is 15.6 Å². The van der Waals surface area contributed by atoms with E-state index in [4.69, 9.17) is 10.3 Å². The van der Waals surface area contributed by atoms with Crippen molar-refractivity contribution in [2.45, 2.75) is 6.54 Å². The molecule has 110 valence electrons. The smallest absolute Gasteiger partial charge is 0.366 e. The molecule has 0 atom stereocenters. The molecule has 0 bridgehead atoms. The van der Waals surface area contributed by atoms with Crippen molar-refractivity contribution in [3.63, 3.8) is 0 Å². The van der Waals surface area contributed by atoms with Crippen LogP contribution in [0.5, 0.6) is 0 Å². The van der Waals surface area contributed by atoms with Crippen LogP contribution < -0.4 is 11.5 Å². The van der Waals surface area contributed by atoms with E-state index in [9.17, 15) is 9.59 Å². The van der Waals surface area contributed by atoms with Crippen molar-refractivity contribution < 1.29 is 9.32 Å². The van der Waals surface area contributed by atoms with Crippen molar-refractivity contribution in [3.05, 3.63) is 76.3 Å². The number of hydrogen-bond donors (Lipinski definition) is 1. The summed E-state index contributed by atoms with van der Waals surface area (Å²) >= 11 is 0. The summed E-state index contributed by atoms with van der Waals surface area (Å²) in [6.07, 6.45) is 0. The molecule has 0 spiro atoms. The summed E-state index contributed by atoms with van der Waals surface area (Å²) < 4.78 is 6.21. The first-order chi connectivity index (χ1) is 10.6. The van der Waals surface area contributed by atoms with Gasteiger partial charge in [0, 0.05) is 11.1 Å². The molecule has 22 heavy (non-hydrogen) atoms. The molecule has 3 rings (SSSR count). The van der Waals surface area contributed by atoms with Gasteiger partial charge in [-0.15, -0.1) is 0 Å². The van der Waals surface area contributed by atoms with Crippen molar-refractivity contribution in [3.8, 4) is 11.4 Å². The molecule has 0 saturated carbocycles. The highest BCUT2D eigenvalue weighted by Gasteiger charge is 2.13. The van der Waals surface area contributed by atoms with Gasteiger partial charge in [-0.2, -0.15) is 0 Å². The Morgan fingerprint density at radius 1 is 1.09 bits per heavy atom. The number of carbonyl (C=O) groups is 1. The van der Waals surface area contributed by atoms with Gasteiger partial charge in [-0.3, -0.25) is 13.9 Å². The monoisotopic (exact) mass is 295 g/mol. The fourth-order valence-electron chi connectivity index (χ4n) is 2.16. The second-order valence-corrected chi connectivity index (χ2v) is 4.79. The zero-order valence-electron chi connectivity index (χ0n) is 11.6. The first-order valence-corrected chi connectivity index (χ1v) is 6.66. The Morgan fingerprint density at radius 3 is 2.41 bits per heavy atom. The maximum Gasteiger partial charge on any atom is 0.442 e. The van der Waals surface area contributed by atoms with Gasteiger partial charge in [0.15, 0.2) is 5.82 Å². The molecule has 0 unspecified atom stereocenters. The van der Waals surface area contributed by atoms with Crippen molar-refractivity contribution in [2.75, 3.05) is 0 Å². The predicted octanol–water partition coefficient (Wildman–Crippen LogP) is 1.65. The Morgan fingerprint density at radius 2 is 1.77 bits per heavy atom. The van der Waals surface area contributed by atoms with Crippen molar-refractivity contribution >= 4 is 5.91 Å². The van der Waals surface area contributed by atoms with E-state index in [1.807, 2.05) is 30.3 Å². The van der Waals surface area contributed by atoms with Crippen LogP contribution in [0.15, 0.2) is 63.9 Å². The average Bonchev–Trinajstić information content (AvgIpc) is 2.90. The number of carbonyl (C=O) groups excluding carboxylic acids is 1. The molecular weight excluding hydrogens is 282 g/mol. The molecule has 2 N–H and O–H groups in total. The molecule has 2 aromatic carbocycles. The summed E-state index contributed by atoms with van der Waals surface area (Å²) in [5.74, 6) is -0.555. The summed E-state index contributed by atoms with van der Waals surface area (Å²) in [5.41, 5.74) is 7.26. The third-order valence-electron chi connectivity index (χ3n) is 3.30. The lowest BCUT2D eigenvalue weighted by atomic mass is 10.1. The fourth-order valence-corrected chi connectivity index (χ4v) is 2.16. The molecule has 0 fully saturated rings. The lowest BCUT2D eigenvalue weighted by molar-refractivity contribution is 0.100. The number of amides is 1. The van der Waals surface area contributed by atoms with Crippen LogP contribution >= 0.6 is 0 Å². The molecule has 1 heterocycles. The molecule has 1 amide bonds. The summed E-state index contributed by atoms with van der Waals surface area (Å²) in [4.78, 5) is 22.9. The van der Waals surface area contributed by atoms with Crippen molar-refractivity contribution in [1.82, 2.24) is 9.72 Å². The maximum absolute atomic E-state index is 11.9. The first-order valence-electron chi connectivity index (χ1n) is 6.66. The van der Waals surface area contributed by atoms with Gasteiger partial charge in [0.25, 0.3) is 0 Å². The molecular formula is C16H13N3O3. The summed E-state index contributed by atoms with van der Waals surface area (Å²) in [5, 5.41) is 3.83. The Balaban J connectivity index is 1.94. The number of primary amides is 1. The largest absolute Gasteiger partial charge is 0.442 e. The number of benzene rings is 2. The Hall–Kier alpha value is -3.15. The van der Waals surface area contributed by atoms with Crippen LogP contribution in [0.3, 0.4) is 0 Å². The Kier molecular flexibility index (Phi) is 3.57. The van der Waals surface area contributed by atoms with E-state index >= 15 is 0 Å². The lowest BCUT2D eigenvalue weighted by Crippen LogP contribution is -2.16. The van der Waals surface area contributed by atoms with Crippen molar-refractivity contribution in [1.29, 1.82) is 0 Å². The van der Waals surface area contributed by atoms with E-state index in [1.54, 1.807) is 24.3 Å². The third-order valence-corrected chi connectivity index (χ3v) is 3.30. The average molecular weight is 295 g/mol. The number of nitrogens with two attached hydrogens (primary N) is 1. The predicted molar refractivity (Wildman–Crippen MR) is 80.3 cm³/mol. The molecule has 0 radical (unpaired) electrons. The maximum atomic E-state index is 11.9. The highest BCUT2D eigenvalue weighted by molar-refractivity contribution is 5.92. The van der Waals surface area contributed by atoms with Gasteiger partial charge < -0.3 is 5.73 Å². The van der Waals surface area contributed by atoms with Crippen molar-refractivity contribution in [2.24, 2.45) is 5.73 Å². The quantitative estimate of drug-likeness (QED) is 0.792. The summed E-state index contributed by atoms with van der Waals surface area (Å²) in [7, 11) is 0. The van der Waals surface area contributed by atoms with E-state index in [1.165, 1.54) is 4.57 Å². The van der Waals surface area contributed by atoms with Crippen LogP contribution in [0, 0.1) is 0 Å². The normalized spacial score (nSPS) is 10.5. The third kappa shape index (κ3) is 2.67. The van der Waals surface area contributed by atoms with Crippen LogP contribution in [0.1, 0.15) is 15.9 Å². The molecule has 3 aromatic rings. The number of nitrogens with zero attached hydrogens (tertiary/aromatic N) is 2. The van der Waals surface area contributed by atoms with Gasteiger partial charge in [0.05, 0.1) is 6.54 Å². The van der Waals surface area contributed by atoms with Crippen LogP contribution in [0.4, 0.5) is 0 Å². The van der Waals surface area contributed by atoms with Gasteiger partial charge in [0.2, 0.25) is 5.91 Å². The highest BCUT2D eigenvalue weighted by Crippen LogP contribution is 2.16. The van der Waals surface area contributed by atoms with Gasteiger partial charge in [0.1, 0.15) is 0 Å². The van der Waals surface area contributed by atoms with Crippen LogP contribution in [0.2, 0.25) is 0 Å². The molecule has 0 saturated heterocycles. The van der Waals surface area contributed by atoms with Gasteiger partial charge in [-0.05, 0) is 17.7 Å². The number of hydrogen-bond acceptors (Lipinski definition) is 4. The zero-order chi connectivity index (χ0) is 15.5. The van der Waals surface area contributed by atoms with E-state index in [0.717, 1.165) is 11.1 Å². The molecule has 0 aliphatic carbocycles. The molecule has 0 aliphatic rings. The first kappa shape index (κ1) is 13.8. The molecule has 1 aromatic heterocycles. The molecule has 6 nitrogen and oxygen atoms in total. The standard InChI is InChI=1S/C16H13N3O3/c17-14(20)12-8-6-11(7-9-12)10-19-15(18-22-16(19)21)13-4-2-1-3-5-13/h1-9H,10H2,(H2,17,20).